The lowest BCUT2D eigenvalue weighted by Crippen LogP contribution is -2.36. The molecule has 0 saturated carbocycles. The Morgan fingerprint density at radius 2 is 2.10 bits per heavy atom. The predicted molar refractivity (Wildman–Crippen MR) is 74.6 cm³/mol. The Balaban J connectivity index is 1.81. The van der Waals surface area contributed by atoms with Gasteiger partial charge in [0.1, 0.15) is 11.3 Å². The number of halogens is 3. The molecule has 2 N–H and O–H groups in total. The molecule has 2 aromatic rings. The van der Waals surface area contributed by atoms with Crippen molar-refractivity contribution in [1.82, 2.24) is 24.5 Å². The highest BCUT2D eigenvalue weighted by molar-refractivity contribution is 6.32. The van der Waals surface area contributed by atoms with Crippen molar-refractivity contribution in [3.63, 3.8) is 0 Å². The third kappa shape index (κ3) is 2.91. The zero-order valence-electron chi connectivity index (χ0n) is 11.2. The van der Waals surface area contributed by atoms with Crippen LogP contribution in [0.3, 0.4) is 0 Å². The van der Waals surface area contributed by atoms with E-state index in [1.807, 2.05) is 0 Å². The van der Waals surface area contributed by atoms with Gasteiger partial charge in [0, 0.05) is 5.92 Å². The summed E-state index contributed by atoms with van der Waals surface area (Å²) in [6.07, 6.45) is 0.724. The Hall–Kier alpha value is -1.54. The summed E-state index contributed by atoms with van der Waals surface area (Å²) in [5.74, 6) is 1.00. The molecule has 0 aromatic carbocycles. The van der Waals surface area contributed by atoms with E-state index < -0.39 is 6.43 Å². The van der Waals surface area contributed by atoms with Gasteiger partial charge in [0.25, 0.3) is 6.43 Å². The summed E-state index contributed by atoms with van der Waals surface area (Å²) in [6, 6.07) is 0. The van der Waals surface area contributed by atoms with Crippen LogP contribution in [0.15, 0.2) is 6.20 Å². The Morgan fingerprint density at radius 3 is 2.76 bits per heavy atom. The predicted octanol–water partition coefficient (Wildman–Crippen LogP) is 1.80. The average molecular weight is 317 g/mol. The fraction of sp³-hybridized carbons (Fsp3) is 0.583. The van der Waals surface area contributed by atoms with Crippen LogP contribution in [-0.4, -0.2) is 50.5 Å². The molecule has 21 heavy (non-hydrogen) atoms. The molecule has 6 nitrogen and oxygen atoms in total. The first kappa shape index (κ1) is 14.4. The topological polar surface area (TPSA) is 72.3 Å². The number of hydrogen-bond donors (Lipinski definition) is 1. The largest absolute Gasteiger partial charge is 0.367 e. The maximum absolute atomic E-state index is 12.4. The van der Waals surface area contributed by atoms with Crippen LogP contribution < -0.4 is 5.73 Å². The second-order valence-corrected chi connectivity index (χ2v) is 5.50. The van der Waals surface area contributed by atoms with Crippen LogP contribution in [0.2, 0.25) is 5.15 Å². The van der Waals surface area contributed by atoms with E-state index in [9.17, 15) is 8.78 Å². The standard InChI is InChI=1S/C12H15ClF2N6/c13-10-8-5-17-12(16)19-21(8)11(18-10)7-1-3-20(4-2-7)6-9(14)15/h5,7,9H,1-4,6H2,(H2,16,19). The zero-order valence-corrected chi connectivity index (χ0v) is 12.0. The van der Waals surface area contributed by atoms with Crippen molar-refractivity contribution in [3.8, 4) is 0 Å². The van der Waals surface area contributed by atoms with Crippen molar-refractivity contribution >= 4 is 23.1 Å². The number of hydrogen-bond acceptors (Lipinski definition) is 5. The molecule has 1 fully saturated rings. The van der Waals surface area contributed by atoms with Gasteiger partial charge < -0.3 is 5.73 Å². The van der Waals surface area contributed by atoms with Gasteiger partial charge in [-0.2, -0.15) is 0 Å². The van der Waals surface area contributed by atoms with Gasteiger partial charge in [-0.1, -0.05) is 11.6 Å². The van der Waals surface area contributed by atoms with Gasteiger partial charge in [-0.25, -0.2) is 23.3 Å². The van der Waals surface area contributed by atoms with Crippen LogP contribution in [0, 0.1) is 0 Å². The van der Waals surface area contributed by atoms with Crippen LogP contribution in [0.1, 0.15) is 24.6 Å². The highest BCUT2D eigenvalue weighted by Gasteiger charge is 2.26. The molecule has 0 radical (unpaired) electrons. The van der Waals surface area contributed by atoms with Gasteiger partial charge in [-0.3, -0.25) is 4.90 Å². The number of imidazole rings is 1. The Labute approximate surface area is 124 Å². The Morgan fingerprint density at radius 1 is 1.38 bits per heavy atom. The molecular formula is C12H15ClF2N6. The maximum Gasteiger partial charge on any atom is 0.251 e. The van der Waals surface area contributed by atoms with Gasteiger partial charge in [0.2, 0.25) is 5.95 Å². The first-order valence-corrected chi connectivity index (χ1v) is 7.09. The molecule has 0 bridgehead atoms. The minimum atomic E-state index is -2.30. The number of fused-ring (bicyclic) bond motifs is 1. The molecule has 1 saturated heterocycles. The number of aromatic nitrogens is 4. The van der Waals surface area contributed by atoms with Gasteiger partial charge in [-0.15, -0.1) is 5.10 Å². The highest BCUT2D eigenvalue weighted by atomic mass is 35.5. The Bertz CT molecular complexity index is 638. The number of rotatable bonds is 3. The number of nitrogen functional groups attached to an aromatic ring is 1. The maximum atomic E-state index is 12.4. The van der Waals surface area contributed by atoms with Gasteiger partial charge in [0.05, 0.1) is 12.7 Å². The average Bonchev–Trinajstić information content (AvgIpc) is 2.76. The summed E-state index contributed by atoms with van der Waals surface area (Å²) in [4.78, 5) is 10.0. The van der Waals surface area contributed by atoms with E-state index in [0.717, 1.165) is 18.7 Å². The van der Waals surface area contributed by atoms with Crippen LogP contribution in [0.5, 0.6) is 0 Å². The van der Waals surface area contributed by atoms with Gasteiger partial charge in [0.15, 0.2) is 5.15 Å². The second-order valence-electron chi connectivity index (χ2n) is 5.14. The number of nitrogens with zero attached hydrogens (tertiary/aromatic N) is 5. The number of likely N-dealkylation sites (tertiary alicyclic amines) is 1. The van der Waals surface area contributed by atoms with E-state index in [0.29, 0.717) is 23.8 Å². The third-order valence-electron chi connectivity index (χ3n) is 3.74. The van der Waals surface area contributed by atoms with Crippen LogP contribution in [0.4, 0.5) is 14.7 Å². The fourth-order valence-corrected chi connectivity index (χ4v) is 2.93. The fourth-order valence-electron chi connectivity index (χ4n) is 2.72. The van der Waals surface area contributed by atoms with E-state index in [2.05, 4.69) is 15.1 Å². The summed E-state index contributed by atoms with van der Waals surface area (Å²) in [5.41, 5.74) is 6.21. The van der Waals surface area contributed by atoms with Crippen LogP contribution in [0.25, 0.3) is 5.52 Å². The molecule has 114 valence electrons. The van der Waals surface area contributed by atoms with E-state index in [1.54, 1.807) is 9.42 Å². The molecular weight excluding hydrogens is 302 g/mol. The van der Waals surface area contributed by atoms with Crippen molar-refractivity contribution in [1.29, 1.82) is 0 Å². The first-order chi connectivity index (χ1) is 10.0. The van der Waals surface area contributed by atoms with Crippen LogP contribution >= 0.6 is 11.6 Å². The molecule has 3 rings (SSSR count). The van der Waals surface area contributed by atoms with E-state index >= 15 is 0 Å². The summed E-state index contributed by atoms with van der Waals surface area (Å²) >= 11 is 6.08. The first-order valence-electron chi connectivity index (χ1n) is 6.71. The minimum Gasteiger partial charge on any atom is -0.367 e. The number of anilines is 1. The third-order valence-corrected chi connectivity index (χ3v) is 4.02. The number of piperidine rings is 1. The van der Waals surface area contributed by atoms with Crippen molar-refractivity contribution in [2.45, 2.75) is 25.2 Å². The minimum absolute atomic E-state index is 0.133. The summed E-state index contributed by atoms with van der Waals surface area (Å²) in [6.45, 7) is 1.05. The summed E-state index contributed by atoms with van der Waals surface area (Å²) < 4.78 is 26.4. The van der Waals surface area contributed by atoms with Crippen LogP contribution in [-0.2, 0) is 0 Å². The molecule has 0 amide bonds. The van der Waals surface area contributed by atoms with E-state index in [4.69, 9.17) is 17.3 Å². The lowest BCUT2D eigenvalue weighted by Gasteiger charge is -2.30. The van der Waals surface area contributed by atoms with E-state index in [-0.39, 0.29) is 18.4 Å². The molecule has 0 atom stereocenters. The molecule has 1 aliphatic rings. The lowest BCUT2D eigenvalue weighted by atomic mass is 9.96. The molecule has 0 aliphatic carbocycles. The van der Waals surface area contributed by atoms with E-state index in [1.165, 1.54) is 6.20 Å². The molecule has 3 heterocycles. The smallest absolute Gasteiger partial charge is 0.251 e. The van der Waals surface area contributed by atoms with Gasteiger partial charge in [-0.05, 0) is 25.9 Å². The monoisotopic (exact) mass is 316 g/mol. The lowest BCUT2D eigenvalue weighted by molar-refractivity contribution is 0.0748. The second kappa shape index (κ2) is 5.69. The summed E-state index contributed by atoms with van der Waals surface area (Å²) in [7, 11) is 0. The van der Waals surface area contributed by atoms with Crippen molar-refractivity contribution < 1.29 is 8.78 Å². The molecule has 2 aromatic heterocycles. The molecule has 0 unspecified atom stereocenters. The summed E-state index contributed by atoms with van der Waals surface area (Å²) in [5, 5.41) is 4.48. The van der Waals surface area contributed by atoms with Crippen molar-refractivity contribution in [3.05, 3.63) is 17.2 Å². The SMILES string of the molecule is Nc1ncc2c(Cl)nc(C3CCN(CC(F)F)CC3)n2n1. The normalized spacial score (nSPS) is 17.9. The van der Waals surface area contributed by atoms with Crippen molar-refractivity contribution in [2.24, 2.45) is 0 Å². The Kier molecular flexibility index (Phi) is 3.90. The quantitative estimate of drug-likeness (QED) is 0.935. The zero-order chi connectivity index (χ0) is 15.0. The highest BCUT2D eigenvalue weighted by Crippen LogP contribution is 2.30. The van der Waals surface area contributed by atoms with Gasteiger partial charge >= 0.3 is 0 Å². The molecule has 9 heteroatoms. The molecule has 0 spiro atoms. The molecule has 1 aliphatic heterocycles. The number of nitrogens with two attached hydrogens (primary N) is 1. The van der Waals surface area contributed by atoms with Crippen molar-refractivity contribution in [2.75, 3.05) is 25.4 Å². The number of alkyl halides is 2.